The first-order valence-corrected chi connectivity index (χ1v) is 8.22. The molecule has 9 heteroatoms. The van der Waals surface area contributed by atoms with Gasteiger partial charge in [0.05, 0.1) is 6.54 Å². The van der Waals surface area contributed by atoms with Crippen LogP contribution in [0.25, 0.3) is 0 Å². The lowest BCUT2D eigenvalue weighted by molar-refractivity contribution is 0.0791. The Labute approximate surface area is 164 Å². The van der Waals surface area contributed by atoms with Gasteiger partial charge in [-0.1, -0.05) is 13.0 Å². The molecule has 0 aliphatic carbocycles. The van der Waals surface area contributed by atoms with Crippen LogP contribution in [0.5, 0.6) is 5.88 Å². The first-order valence-electron chi connectivity index (χ1n) is 8.22. The predicted molar refractivity (Wildman–Crippen MR) is 105 cm³/mol. The zero-order valence-electron chi connectivity index (χ0n) is 14.3. The quantitative estimate of drug-likeness (QED) is 0.347. The maximum Gasteiger partial charge on any atom is 0.272 e. The molecule has 2 rings (SSSR count). The number of hydrogen-bond donors (Lipinski definition) is 2. The second kappa shape index (κ2) is 11.4. The number of ether oxygens (including phenoxy) is 1. The van der Waals surface area contributed by atoms with Crippen LogP contribution >= 0.6 is 24.0 Å². The van der Waals surface area contributed by atoms with Crippen molar-refractivity contribution in [2.24, 2.45) is 10.7 Å². The van der Waals surface area contributed by atoms with Crippen molar-refractivity contribution in [3.05, 3.63) is 23.9 Å². The van der Waals surface area contributed by atoms with Crippen LogP contribution in [0.15, 0.2) is 23.3 Å². The molecule has 1 unspecified atom stereocenters. The van der Waals surface area contributed by atoms with Gasteiger partial charge in [-0.05, 0) is 32.0 Å². The molecule has 0 bridgehead atoms. The smallest absolute Gasteiger partial charge is 0.272 e. The molecule has 3 N–H and O–H groups in total. The van der Waals surface area contributed by atoms with Crippen LogP contribution in [0.3, 0.4) is 0 Å². The summed E-state index contributed by atoms with van der Waals surface area (Å²) in [6.45, 7) is 4.61. The minimum Gasteiger partial charge on any atom is -0.471 e. The van der Waals surface area contributed by atoms with E-state index in [4.69, 9.17) is 10.5 Å². The van der Waals surface area contributed by atoms with Gasteiger partial charge in [0.1, 0.15) is 0 Å². The zero-order chi connectivity index (χ0) is 17.4. The maximum absolute atomic E-state index is 12.3. The summed E-state index contributed by atoms with van der Waals surface area (Å²) < 4.78 is 29.5. The van der Waals surface area contributed by atoms with Crippen molar-refractivity contribution in [3.63, 3.8) is 0 Å². The molecule has 1 aromatic rings. The Balaban J connectivity index is 0.00000312. The number of pyridine rings is 1. The van der Waals surface area contributed by atoms with Crippen molar-refractivity contribution >= 4 is 29.9 Å². The fourth-order valence-electron chi connectivity index (χ4n) is 2.81. The minimum atomic E-state index is -2.54. The van der Waals surface area contributed by atoms with Gasteiger partial charge in [-0.3, -0.25) is 4.90 Å². The fraction of sp³-hybridized carbons (Fsp3) is 0.625. The molecule has 2 heterocycles. The lowest BCUT2D eigenvalue weighted by Crippen LogP contribution is -2.42. The molecule has 1 aliphatic heterocycles. The van der Waals surface area contributed by atoms with E-state index in [1.807, 2.05) is 0 Å². The van der Waals surface area contributed by atoms with E-state index >= 15 is 0 Å². The average molecular weight is 469 g/mol. The van der Waals surface area contributed by atoms with Gasteiger partial charge in [-0.25, -0.2) is 18.8 Å². The maximum atomic E-state index is 12.3. The van der Waals surface area contributed by atoms with Crippen molar-refractivity contribution in [3.8, 4) is 5.88 Å². The Kier molecular flexibility index (Phi) is 9.94. The highest BCUT2D eigenvalue weighted by Gasteiger charge is 2.22. The molecule has 25 heavy (non-hydrogen) atoms. The van der Waals surface area contributed by atoms with Gasteiger partial charge in [-0.2, -0.15) is 0 Å². The van der Waals surface area contributed by atoms with Crippen LogP contribution < -0.4 is 15.8 Å². The Morgan fingerprint density at radius 2 is 2.36 bits per heavy atom. The van der Waals surface area contributed by atoms with Gasteiger partial charge >= 0.3 is 0 Å². The molecule has 1 aliphatic rings. The van der Waals surface area contributed by atoms with E-state index in [9.17, 15) is 8.78 Å². The highest BCUT2D eigenvalue weighted by Crippen LogP contribution is 2.17. The summed E-state index contributed by atoms with van der Waals surface area (Å²) in [6.07, 6.45) is 1.32. The number of nitrogens with two attached hydrogens (primary N) is 1. The van der Waals surface area contributed by atoms with Crippen LogP contribution in [0.1, 0.15) is 25.3 Å². The Morgan fingerprint density at radius 3 is 3.08 bits per heavy atom. The third-order valence-electron chi connectivity index (χ3n) is 4.04. The number of halogens is 3. The highest BCUT2D eigenvalue weighted by molar-refractivity contribution is 14.0. The third-order valence-corrected chi connectivity index (χ3v) is 4.04. The highest BCUT2D eigenvalue weighted by atomic mass is 127. The standard InChI is InChI=1S/C16H25F2N5O.HI/c1-2-23-8-4-6-13(23)10-22-16(19)21-9-12-5-3-7-20-15(12)24-11-14(17)18;/h3,5,7,13-14H,2,4,6,8-11H2,1H3,(H3,19,21,22);1H. The van der Waals surface area contributed by atoms with E-state index in [1.165, 1.54) is 12.6 Å². The first kappa shape index (κ1) is 21.8. The van der Waals surface area contributed by atoms with Crippen LogP contribution in [0.4, 0.5) is 8.78 Å². The molecule has 1 fully saturated rings. The summed E-state index contributed by atoms with van der Waals surface area (Å²) >= 11 is 0. The first-order chi connectivity index (χ1) is 11.6. The zero-order valence-corrected chi connectivity index (χ0v) is 16.7. The molecule has 0 spiro atoms. The number of alkyl halides is 2. The Bertz CT molecular complexity index is 547. The van der Waals surface area contributed by atoms with Crippen LogP contribution in [-0.4, -0.2) is 54.6 Å². The second-order valence-corrected chi connectivity index (χ2v) is 5.68. The van der Waals surface area contributed by atoms with Crippen molar-refractivity contribution in [2.75, 3.05) is 26.2 Å². The van der Waals surface area contributed by atoms with E-state index in [0.29, 0.717) is 17.6 Å². The Hall–Kier alpha value is -1.23. The number of likely N-dealkylation sites (N-methyl/N-ethyl adjacent to an activating group) is 1. The molecular formula is C16H26F2IN5O. The molecule has 0 amide bonds. The van der Waals surface area contributed by atoms with Gasteiger partial charge in [-0.15, -0.1) is 24.0 Å². The second-order valence-electron chi connectivity index (χ2n) is 5.68. The third kappa shape index (κ3) is 7.27. The van der Waals surface area contributed by atoms with Crippen LogP contribution in [-0.2, 0) is 6.54 Å². The molecular weight excluding hydrogens is 443 g/mol. The van der Waals surface area contributed by atoms with E-state index in [0.717, 1.165) is 26.1 Å². The normalized spacial score (nSPS) is 18.2. The van der Waals surface area contributed by atoms with Gasteiger partial charge in [0.15, 0.2) is 12.6 Å². The molecule has 6 nitrogen and oxygen atoms in total. The Morgan fingerprint density at radius 1 is 1.56 bits per heavy atom. The average Bonchev–Trinajstić information content (AvgIpc) is 3.04. The van der Waals surface area contributed by atoms with E-state index in [2.05, 4.69) is 27.1 Å². The molecule has 1 saturated heterocycles. The number of hydrogen-bond acceptors (Lipinski definition) is 4. The SMILES string of the molecule is CCN1CCCC1CNC(N)=NCc1cccnc1OCC(F)F.I. The van der Waals surface area contributed by atoms with Gasteiger partial charge in [0.25, 0.3) is 6.43 Å². The number of aromatic nitrogens is 1. The van der Waals surface area contributed by atoms with Crippen molar-refractivity contribution in [2.45, 2.75) is 38.8 Å². The van der Waals surface area contributed by atoms with E-state index in [1.54, 1.807) is 12.1 Å². The summed E-state index contributed by atoms with van der Waals surface area (Å²) in [7, 11) is 0. The number of nitrogens with zero attached hydrogens (tertiary/aromatic N) is 3. The number of nitrogens with one attached hydrogen (secondary N) is 1. The van der Waals surface area contributed by atoms with Gasteiger partial charge in [0, 0.05) is 24.3 Å². The number of likely N-dealkylation sites (tertiary alicyclic amines) is 1. The van der Waals surface area contributed by atoms with Gasteiger partial charge < -0.3 is 15.8 Å². The van der Waals surface area contributed by atoms with Crippen molar-refractivity contribution in [1.29, 1.82) is 0 Å². The molecule has 0 radical (unpaired) electrons. The molecule has 0 saturated carbocycles. The number of guanidine groups is 1. The molecule has 0 aromatic carbocycles. The van der Waals surface area contributed by atoms with Crippen LogP contribution in [0, 0.1) is 0 Å². The van der Waals surface area contributed by atoms with Crippen molar-refractivity contribution < 1.29 is 13.5 Å². The monoisotopic (exact) mass is 469 g/mol. The number of aliphatic imine (C=N–C) groups is 1. The van der Waals surface area contributed by atoms with Gasteiger partial charge in [0.2, 0.25) is 5.88 Å². The van der Waals surface area contributed by atoms with Crippen LogP contribution in [0.2, 0.25) is 0 Å². The topological polar surface area (TPSA) is 75.8 Å². The predicted octanol–water partition coefficient (Wildman–Crippen LogP) is 2.23. The summed E-state index contributed by atoms with van der Waals surface area (Å²) in [5.74, 6) is 0.504. The summed E-state index contributed by atoms with van der Waals surface area (Å²) in [5.41, 5.74) is 6.52. The molecule has 1 aromatic heterocycles. The molecule has 1 atom stereocenters. The summed E-state index contributed by atoms with van der Waals surface area (Å²) in [4.78, 5) is 10.6. The lowest BCUT2D eigenvalue weighted by Gasteiger charge is -2.23. The number of rotatable bonds is 8. The fourth-order valence-corrected chi connectivity index (χ4v) is 2.81. The van der Waals surface area contributed by atoms with E-state index in [-0.39, 0.29) is 36.4 Å². The largest absolute Gasteiger partial charge is 0.471 e. The minimum absolute atomic E-state index is 0. The van der Waals surface area contributed by atoms with Crippen molar-refractivity contribution in [1.82, 2.24) is 15.2 Å². The lowest BCUT2D eigenvalue weighted by atomic mass is 10.2. The van der Waals surface area contributed by atoms with E-state index < -0.39 is 13.0 Å². The summed E-state index contributed by atoms with van der Waals surface area (Å²) in [5, 5.41) is 3.13. The molecule has 142 valence electrons. The summed E-state index contributed by atoms with van der Waals surface area (Å²) in [6, 6.07) is 3.92.